The lowest BCUT2D eigenvalue weighted by Crippen LogP contribution is -2.53. The van der Waals surface area contributed by atoms with Crippen molar-refractivity contribution in [1.82, 2.24) is 15.5 Å². The van der Waals surface area contributed by atoms with E-state index in [0.29, 0.717) is 57.5 Å². The van der Waals surface area contributed by atoms with Crippen LogP contribution in [0.15, 0.2) is 18.2 Å². The van der Waals surface area contributed by atoms with Crippen LogP contribution in [-0.2, 0) is 9.59 Å². The van der Waals surface area contributed by atoms with Gasteiger partial charge in [-0.3, -0.25) is 14.9 Å². The molecule has 28 heavy (non-hydrogen) atoms. The van der Waals surface area contributed by atoms with Crippen LogP contribution >= 0.6 is 0 Å². The van der Waals surface area contributed by atoms with E-state index in [-0.39, 0.29) is 17.7 Å². The van der Waals surface area contributed by atoms with Crippen LogP contribution in [0.25, 0.3) is 0 Å². The molecule has 1 spiro atoms. The maximum Gasteiger partial charge on any atom is 0.322 e. The molecule has 0 atom stereocenters. The third-order valence-corrected chi connectivity index (χ3v) is 6.06. The quantitative estimate of drug-likeness (QED) is 0.746. The number of benzene rings is 1. The van der Waals surface area contributed by atoms with Crippen molar-refractivity contribution < 1.29 is 23.2 Å². The standard InChI is InChI=1S/C19H22F2N4O3/c20-14-2-1-13(11-15(14)21)24-7-9-25(10-8-24)16(26)12-3-5-19(6-4-12)17(27)22-18(28)23-19/h1-2,11-12H,3-10H2,(H2,22,23,27,28). The van der Waals surface area contributed by atoms with Gasteiger partial charge in [0.25, 0.3) is 5.91 Å². The van der Waals surface area contributed by atoms with Crippen LogP contribution in [-0.4, -0.2) is 54.5 Å². The van der Waals surface area contributed by atoms with Crippen molar-refractivity contribution in [3.8, 4) is 0 Å². The molecule has 0 bridgehead atoms. The fourth-order valence-electron chi connectivity index (χ4n) is 4.36. The van der Waals surface area contributed by atoms with Gasteiger partial charge in [-0.1, -0.05) is 0 Å². The Kier molecular flexibility index (Phi) is 4.68. The summed E-state index contributed by atoms with van der Waals surface area (Å²) in [5, 5.41) is 4.97. The number of carbonyl (C=O) groups is 3. The van der Waals surface area contributed by atoms with Crippen molar-refractivity contribution in [3.05, 3.63) is 29.8 Å². The zero-order chi connectivity index (χ0) is 19.9. The Balaban J connectivity index is 1.32. The summed E-state index contributed by atoms with van der Waals surface area (Å²) >= 11 is 0. The van der Waals surface area contributed by atoms with Crippen LogP contribution in [0.3, 0.4) is 0 Å². The Morgan fingerprint density at radius 2 is 1.71 bits per heavy atom. The topological polar surface area (TPSA) is 81.8 Å². The van der Waals surface area contributed by atoms with Crippen LogP contribution in [0, 0.1) is 17.6 Å². The van der Waals surface area contributed by atoms with Crippen molar-refractivity contribution in [2.24, 2.45) is 5.92 Å². The minimum atomic E-state index is -0.879. The molecule has 3 fully saturated rings. The molecule has 1 aliphatic carbocycles. The Hall–Kier alpha value is -2.71. The smallest absolute Gasteiger partial charge is 0.322 e. The number of imide groups is 1. The average Bonchev–Trinajstić information content (AvgIpc) is 2.97. The number of halogens is 2. The molecule has 0 unspecified atom stereocenters. The van der Waals surface area contributed by atoms with Gasteiger partial charge in [0, 0.05) is 43.9 Å². The number of hydrogen-bond donors (Lipinski definition) is 2. The van der Waals surface area contributed by atoms with Gasteiger partial charge in [0.05, 0.1) is 0 Å². The molecule has 2 heterocycles. The second-order valence-electron chi connectivity index (χ2n) is 7.68. The fourth-order valence-corrected chi connectivity index (χ4v) is 4.36. The number of carbonyl (C=O) groups excluding carboxylic acids is 3. The van der Waals surface area contributed by atoms with Gasteiger partial charge < -0.3 is 15.1 Å². The highest BCUT2D eigenvalue weighted by atomic mass is 19.2. The van der Waals surface area contributed by atoms with Crippen molar-refractivity contribution >= 4 is 23.5 Å². The van der Waals surface area contributed by atoms with Crippen molar-refractivity contribution in [1.29, 1.82) is 0 Å². The van der Waals surface area contributed by atoms with Gasteiger partial charge in [0.2, 0.25) is 5.91 Å². The molecule has 2 N–H and O–H groups in total. The van der Waals surface area contributed by atoms with Crippen LogP contribution < -0.4 is 15.5 Å². The first kappa shape index (κ1) is 18.6. The van der Waals surface area contributed by atoms with Gasteiger partial charge in [-0.15, -0.1) is 0 Å². The third-order valence-electron chi connectivity index (χ3n) is 6.06. The van der Waals surface area contributed by atoms with Crippen LogP contribution in [0.2, 0.25) is 0 Å². The van der Waals surface area contributed by atoms with Gasteiger partial charge in [0.1, 0.15) is 5.54 Å². The van der Waals surface area contributed by atoms with Crippen molar-refractivity contribution in [3.63, 3.8) is 0 Å². The number of anilines is 1. The van der Waals surface area contributed by atoms with E-state index in [1.807, 2.05) is 4.90 Å². The first-order valence-corrected chi connectivity index (χ1v) is 9.50. The number of urea groups is 1. The number of hydrogen-bond acceptors (Lipinski definition) is 4. The van der Waals surface area contributed by atoms with Gasteiger partial charge in [-0.05, 0) is 37.8 Å². The SMILES string of the molecule is O=C1NC(=O)C2(CCC(C(=O)N3CCN(c4ccc(F)c(F)c4)CC3)CC2)N1. The summed E-state index contributed by atoms with van der Waals surface area (Å²) in [6.07, 6.45) is 2.01. The summed E-state index contributed by atoms with van der Waals surface area (Å²) in [5.41, 5.74) is -0.257. The van der Waals surface area contributed by atoms with E-state index < -0.39 is 23.2 Å². The second kappa shape index (κ2) is 7.03. The molecule has 0 aromatic heterocycles. The van der Waals surface area contributed by atoms with E-state index in [9.17, 15) is 23.2 Å². The second-order valence-corrected chi connectivity index (χ2v) is 7.68. The molecule has 3 aliphatic rings. The van der Waals surface area contributed by atoms with E-state index in [4.69, 9.17) is 0 Å². The van der Waals surface area contributed by atoms with Crippen molar-refractivity contribution in [2.45, 2.75) is 31.2 Å². The molecule has 2 aliphatic heterocycles. The molecule has 150 valence electrons. The molecule has 1 aromatic rings. The molecule has 2 saturated heterocycles. The zero-order valence-electron chi connectivity index (χ0n) is 15.3. The van der Waals surface area contributed by atoms with Crippen molar-refractivity contribution in [2.75, 3.05) is 31.1 Å². The summed E-state index contributed by atoms with van der Waals surface area (Å²) in [6, 6.07) is 3.35. The van der Waals surface area contributed by atoms with Gasteiger partial charge >= 0.3 is 6.03 Å². The molecule has 1 saturated carbocycles. The molecular weight excluding hydrogens is 370 g/mol. The summed E-state index contributed by atoms with van der Waals surface area (Å²) < 4.78 is 26.5. The first-order valence-electron chi connectivity index (χ1n) is 9.50. The van der Waals surface area contributed by atoms with Gasteiger partial charge in [-0.25, -0.2) is 13.6 Å². The van der Waals surface area contributed by atoms with E-state index in [1.165, 1.54) is 12.1 Å². The molecule has 4 rings (SSSR count). The summed E-state index contributed by atoms with van der Waals surface area (Å²) in [5.74, 6) is -2.16. The van der Waals surface area contributed by atoms with Crippen LogP contribution in [0.5, 0.6) is 0 Å². The van der Waals surface area contributed by atoms with E-state index in [2.05, 4.69) is 10.6 Å². The summed E-state index contributed by atoms with van der Waals surface area (Å²) in [4.78, 5) is 40.0. The zero-order valence-corrected chi connectivity index (χ0v) is 15.3. The number of amides is 4. The lowest BCUT2D eigenvalue weighted by molar-refractivity contribution is -0.138. The maximum atomic E-state index is 13.4. The monoisotopic (exact) mass is 392 g/mol. The lowest BCUT2D eigenvalue weighted by Gasteiger charge is -2.40. The first-order chi connectivity index (χ1) is 13.4. The Labute approximate surface area is 161 Å². The predicted molar refractivity (Wildman–Crippen MR) is 96.5 cm³/mol. The minimum Gasteiger partial charge on any atom is -0.368 e. The molecule has 0 radical (unpaired) electrons. The Morgan fingerprint density at radius 1 is 1.04 bits per heavy atom. The minimum absolute atomic E-state index is 0.0597. The fraction of sp³-hybridized carbons (Fsp3) is 0.526. The highest BCUT2D eigenvalue weighted by Crippen LogP contribution is 2.35. The molecule has 1 aromatic carbocycles. The van der Waals surface area contributed by atoms with Crippen LogP contribution in [0.1, 0.15) is 25.7 Å². The predicted octanol–water partition coefficient (Wildman–Crippen LogP) is 1.38. The number of nitrogens with one attached hydrogen (secondary N) is 2. The number of rotatable bonds is 2. The third kappa shape index (κ3) is 3.29. The highest BCUT2D eigenvalue weighted by Gasteiger charge is 2.49. The molecule has 4 amide bonds. The number of nitrogens with zero attached hydrogens (tertiary/aromatic N) is 2. The van der Waals surface area contributed by atoms with Gasteiger partial charge in [0.15, 0.2) is 11.6 Å². The largest absolute Gasteiger partial charge is 0.368 e. The van der Waals surface area contributed by atoms with Crippen LogP contribution in [0.4, 0.5) is 19.3 Å². The maximum absolute atomic E-state index is 13.4. The van der Waals surface area contributed by atoms with E-state index >= 15 is 0 Å². The van der Waals surface area contributed by atoms with E-state index in [1.54, 1.807) is 4.90 Å². The normalized spacial score (nSPS) is 27.7. The summed E-state index contributed by atoms with van der Waals surface area (Å²) in [6.45, 7) is 2.12. The Morgan fingerprint density at radius 3 is 2.29 bits per heavy atom. The van der Waals surface area contributed by atoms with E-state index in [0.717, 1.165) is 6.07 Å². The van der Waals surface area contributed by atoms with Gasteiger partial charge in [-0.2, -0.15) is 0 Å². The lowest BCUT2D eigenvalue weighted by atomic mass is 9.76. The molecule has 9 heteroatoms. The average molecular weight is 392 g/mol. The number of piperazine rings is 1. The highest BCUT2D eigenvalue weighted by molar-refractivity contribution is 6.07. The molecule has 7 nitrogen and oxygen atoms in total. The Bertz CT molecular complexity index is 815. The molecular formula is C19H22F2N4O3. The summed E-state index contributed by atoms with van der Waals surface area (Å²) in [7, 11) is 0.